The number of rotatable bonds is 3. The van der Waals surface area contributed by atoms with Gasteiger partial charge in [0.05, 0.1) is 4.88 Å². The van der Waals surface area contributed by atoms with Gasteiger partial charge in [0.15, 0.2) is 5.82 Å². The quantitative estimate of drug-likeness (QED) is 0.881. The normalized spacial score (nSPS) is 16.2. The number of hydrogen-bond acceptors (Lipinski definition) is 5. The molecule has 0 radical (unpaired) electrons. The van der Waals surface area contributed by atoms with Crippen molar-refractivity contribution in [3.05, 3.63) is 17.0 Å². The number of nitrogens with one attached hydrogen (secondary N) is 2. The summed E-state index contributed by atoms with van der Waals surface area (Å²) in [6.45, 7) is 6.12. The van der Waals surface area contributed by atoms with E-state index in [4.69, 9.17) is 0 Å². The van der Waals surface area contributed by atoms with Crippen LogP contribution in [0.25, 0.3) is 10.7 Å². The van der Waals surface area contributed by atoms with Crippen molar-refractivity contribution in [1.29, 1.82) is 0 Å². The van der Waals surface area contributed by atoms with Crippen molar-refractivity contribution in [1.82, 2.24) is 20.5 Å². The predicted molar refractivity (Wildman–Crippen MR) is 74.2 cm³/mol. The minimum atomic E-state index is 0.821. The summed E-state index contributed by atoms with van der Waals surface area (Å²) >= 11 is 1.72. The second kappa shape index (κ2) is 5.07. The molecule has 5 nitrogen and oxygen atoms in total. The van der Waals surface area contributed by atoms with E-state index in [9.17, 15) is 0 Å². The molecule has 0 aromatic carbocycles. The molecular weight excluding hydrogens is 246 g/mol. The number of nitrogens with zero attached hydrogens (tertiary/aromatic N) is 3. The number of anilines is 1. The van der Waals surface area contributed by atoms with Gasteiger partial charge in [-0.25, -0.2) is 0 Å². The summed E-state index contributed by atoms with van der Waals surface area (Å²) in [5.74, 6) is 1.72. The standard InChI is InChI=1S/C12H17N5S/c1-2-9-3-8-18-10(9)11-14-12(16-15-11)17-6-4-13-5-7-17/h3,8,13H,2,4-7H2,1H3,(H,14,15,16). The topological polar surface area (TPSA) is 56.8 Å². The molecule has 1 fully saturated rings. The maximum absolute atomic E-state index is 4.63. The van der Waals surface area contributed by atoms with Gasteiger partial charge in [-0.05, 0) is 23.4 Å². The SMILES string of the molecule is CCc1ccsc1-c1nc(N2CCNCC2)n[nH]1. The number of thiophene rings is 1. The van der Waals surface area contributed by atoms with Crippen LogP contribution < -0.4 is 10.2 Å². The highest BCUT2D eigenvalue weighted by Gasteiger charge is 2.16. The molecule has 1 aliphatic heterocycles. The summed E-state index contributed by atoms with van der Waals surface area (Å²) in [4.78, 5) is 8.06. The van der Waals surface area contributed by atoms with Gasteiger partial charge in [0.1, 0.15) is 0 Å². The van der Waals surface area contributed by atoms with Gasteiger partial charge < -0.3 is 10.2 Å². The Labute approximate surface area is 110 Å². The van der Waals surface area contributed by atoms with E-state index >= 15 is 0 Å². The van der Waals surface area contributed by atoms with Crippen LogP contribution in [0.5, 0.6) is 0 Å². The van der Waals surface area contributed by atoms with Gasteiger partial charge in [0, 0.05) is 26.2 Å². The highest BCUT2D eigenvalue weighted by Crippen LogP contribution is 2.28. The lowest BCUT2D eigenvalue weighted by Gasteiger charge is -2.25. The summed E-state index contributed by atoms with van der Waals surface area (Å²) < 4.78 is 0. The molecule has 1 saturated heterocycles. The number of piperazine rings is 1. The van der Waals surface area contributed by atoms with E-state index in [1.807, 2.05) is 0 Å². The van der Waals surface area contributed by atoms with Crippen LogP contribution in [-0.2, 0) is 6.42 Å². The lowest BCUT2D eigenvalue weighted by molar-refractivity contribution is 0.580. The molecule has 18 heavy (non-hydrogen) atoms. The van der Waals surface area contributed by atoms with Crippen LogP contribution in [0.4, 0.5) is 5.95 Å². The van der Waals surface area contributed by atoms with Gasteiger partial charge in [-0.2, -0.15) is 4.98 Å². The molecule has 0 unspecified atom stereocenters. The first-order valence-electron chi connectivity index (χ1n) is 6.33. The number of aryl methyl sites for hydroxylation is 1. The van der Waals surface area contributed by atoms with Gasteiger partial charge in [0.25, 0.3) is 0 Å². The summed E-state index contributed by atoms with van der Waals surface area (Å²) in [5, 5.41) is 12.9. The van der Waals surface area contributed by atoms with Crippen molar-refractivity contribution in [2.75, 3.05) is 31.1 Å². The van der Waals surface area contributed by atoms with Crippen LogP contribution >= 0.6 is 11.3 Å². The fourth-order valence-corrected chi connectivity index (χ4v) is 3.12. The van der Waals surface area contributed by atoms with Crippen LogP contribution in [0.15, 0.2) is 11.4 Å². The van der Waals surface area contributed by atoms with Gasteiger partial charge in [-0.1, -0.05) is 6.92 Å². The number of H-pyrrole nitrogens is 1. The average Bonchev–Trinajstić information content (AvgIpc) is 3.08. The first-order chi connectivity index (χ1) is 8.88. The van der Waals surface area contributed by atoms with Crippen molar-refractivity contribution >= 4 is 17.3 Å². The van der Waals surface area contributed by atoms with Crippen LogP contribution in [0.3, 0.4) is 0 Å². The third-order valence-electron chi connectivity index (χ3n) is 3.22. The fourth-order valence-electron chi connectivity index (χ4n) is 2.18. The molecule has 0 bridgehead atoms. The summed E-state index contributed by atoms with van der Waals surface area (Å²) in [6, 6.07) is 2.16. The Bertz CT molecular complexity index is 512. The summed E-state index contributed by atoms with van der Waals surface area (Å²) in [5.41, 5.74) is 1.34. The second-order valence-electron chi connectivity index (χ2n) is 4.35. The zero-order valence-corrected chi connectivity index (χ0v) is 11.3. The molecule has 3 rings (SSSR count). The van der Waals surface area contributed by atoms with Gasteiger partial charge >= 0.3 is 0 Å². The van der Waals surface area contributed by atoms with Crippen LogP contribution in [0, 0.1) is 0 Å². The molecule has 6 heteroatoms. The molecule has 0 atom stereocenters. The van der Waals surface area contributed by atoms with E-state index in [0.717, 1.165) is 44.4 Å². The molecule has 0 saturated carbocycles. The maximum Gasteiger partial charge on any atom is 0.245 e. The number of aromatic nitrogens is 3. The highest BCUT2D eigenvalue weighted by atomic mass is 32.1. The first-order valence-corrected chi connectivity index (χ1v) is 7.21. The van der Waals surface area contributed by atoms with Crippen molar-refractivity contribution < 1.29 is 0 Å². The van der Waals surface area contributed by atoms with E-state index in [-0.39, 0.29) is 0 Å². The molecule has 0 spiro atoms. The number of aromatic amines is 1. The Morgan fingerprint density at radius 2 is 2.22 bits per heavy atom. The van der Waals surface area contributed by atoms with Gasteiger partial charge in [-0.15, -0.1) is 16.4 Å². The van der Waals surface area contributed by atoms with E-state index in [2.05, 4.69) is 43.8 Å². The zero-order valence-electron chi connectivity index (χ0n) is 10.4. The Morgan fingerprint density at radius 3 is 3.00 bits per heavy atom. The van der Waals surface area contributed by atoms with Gasteiger partial charge in [0.2, 0.25) is 5.95 Å². The third-order valence-corrected chi connectivity index (χ3v) is 4.18. The summed E-state index contributed by atoms with van der Waals surface area (Å²) in [7, 11) is 0. The van der Waals surface area contributed by atoms with E-state index < -0.39 is 0 Å². The molecule has 2 aromatic heterocycles. The third kappa shape index (κ3) is 2.13. The predicted octanol–water partition coefficient (Wildman–Crippen LogP) is 1.51. The van der Waals surface area contributed by atoms with E-state index in [1.54, 1.807) is 11.3 Å². The first kappa shape index (κ1) is 11.7. The largest absolute Gasteiger partial charge is 0.337 e. The van der Waals surface area contributed by atoms with E-state index in [1.165, 1.54) is 10.4 Å². The summed E-state index contributed by atoms with van der Waals surface area (Å²) in [6.07, 6.45) is 1.03. The molecular formula is C12H17N5S. The van der Waals surface area contributed by atoms with Gasteiger partial charge in [-0.3, -0.25) is 5.10 Å². The van der Waals surface area contributed by atoms with E-state index in [0.29, 0.717) is 0 Å². The minimum Gasteiger partial charge on any atom is -0.337 e. The monoisotopic (exact) mass is 263 g/mol. The fraction of sp³-hybridized carbons (Fsp3) is 0.500. The second-order valence-corrected chi connectivity index (χ2v) is 5.27. The lowest BCUT2D eigenvalue weighted by atomic mass is 10.2. The molecule has 0 aliphatic carbocycles. The Hall–Kier alpha value is -1.40. The van der Waals surface area contributed by atoms with Crippen molar-refractivity contribution in [2.24, 2.45) is 0 Å². The van der Waals surface area contributed by atoms with Crippen LogP contribution in [0.1, 0.15) is 12.5 Å². The number of hydrogen-bond donors (Lipinski definition) is 2. The van der Waals surface area contributed by atoms with Crippen LogP contribution in [-0.4, -0.2) is 41.4 Å². The molecule has 96 valence electrons. The zero-order chi connectivity index (χ0) is 12.4. The lowest BCUT2D eigenvalue weighted by Crippen LogP contribution is -2.44. The van der Waals surface area contributed by atoms with Crippen molar-refractivity contribution in [3.63, 3.8) is 0 Å². The molecule has 2 N–H and O–H groups in total. The maximum atomic E-state index is 4.63. The Morgan fingerprint density at radius 1 is 1.39 bits per heavy atom. The molecule has 3 heterocycles. The Kier molecular flexibility index (Phi) is 3.29. The highest BCUT2D eigenvalue weighted by molar-refractivity contribution is 7.13. The smallest absolute Gasteiger partial charge is 0.245 e. The Balaban J connectivity index is 1.84. The van der Waals surface area contributed by atoms with Crippen molar-refractivity contribution in [2.45, 2.75) is 13.3 Å². The average molecular weight is 263 g/mol. The van der Waals surface area contributed by atoms with Crippen molar-refractivity contribution in [3.8, 4) is 10.7 Å². The molecule has 0 amide bonds. The van der Waals surface area contributed by atoms with Crippen LogP contribution in [0.2, 0.25) is 0 Å². The molecule has 1 aliphatic rings. The minimum absolute atomic E-state index is 0.821. The molecule has 2 aromatic rings.